The van der Waals surface area contributed by atoms with E-state index in [0.717, 1.165) is 16.7 Å². The van der Waals surface area contributed by atoms with E-state index >= 15 is 0 Å². The molecule has 1 heterocycles. The van der Waals surface area contributed by atoms with Crippen LogP contribution >= 0.6 is 0 Å². The zero-order valence-corrected chi connectivity index (χ0v) is 23.5. The number of hydrogen-bond acceptors (Lipinski definition) is 6. The molecule has 3 aromatic rings. The van der Waals surface area contributed by atoms with Crippen LogP contribution in [0.3, 0.4) is 0 Å². The lowest BCUT2D eigenvalue weighted by atomic mass is 10.1. The third-order valence-corrected chi connectivity index (χ3v) is 6.98. The zero-order chi connectivity index (χ0) is 28.9. The summed E-state index contributed by atoms with van der Waals surface area (Å²) >= 11 is 0. The molecule has 4 rings (SSSR count). The Morgan fingerprint density at radius 1 is 0.780 bits per heavy atom. The third kappa shape index (κ3) is 9.08. The number of ether oxygens (including phenoxy) is 2. The number of amides is 3. The molecule has 1 saturated heterocycles. The number of carbonyl (C=O) groups excluding carboxylic acids is 3. The Morgan fingerprint density at radius 3 is 1.80 bits per heavy atom. The number of alkyl carbamates (subject to hydrolysis) is 1. The quantitative estimate of drug-likeness (QED) is 0.235. The van der Waals surface area contributed by atoms with Crippen LogP contribution in [0.5, 0.6) is 0 Å². The van der Waals surface area contributed by atoms with E-state index in [0.29, 0.717) is 52.2 Å². The number of urea groups is 1. The number of esters is 1. The summed E-state index contributed by atoms with van der Waals surface area (Å²) < 4.78 is 10.4. The van der Waals surface area contributed by atoms with Crippen LogP contribution in [0.25, 0.3) is 0 Å². The number of methoxy groups -OCH3 is 1. The number of rotatable bonds is 13. The highest BCUT2D eigenvalue weighted by atomic mass is 16.5. The Bertz CT molecular complexity index is 1190. The van der Waals surface area contributed by atoms with E-state index in [-0.39, 0.29) is 18.6 Å². The molecule has 1 N–H and O–H groups in total. The maximum absolute atomic E-state index is 13.5. The largest absolute Gasteiger partial charge is 0.468 e. The number of unbranched alkanes of at least 4 members (excludes halogenated alkanes) is 1. The molecule has 1 aliphatic rings. The van der Waals surface area contributed by atoms with Gasteiger partial charge in [-0.2, -0.15) is 0 Å². The van der Waals surface area contributed by atoms with Gasteiger partial charge in [0.1, 0.15) is 12.6 Å². The predicted octanol–water partition coefficient (Wildman–Crippen LogP) is 4.98. The number of benzene rings is 3. The van der Waals surface area contributed by atoms with Crippen molar-refractivity contribution in [3.8, 4) is 0 Å². The van der Waals surface area contributed by atoms with Gasteiger partial charge in [0.05, 0.1) is 20.4 Å². The van der Waals surface area contributed by atoms with Crippen LogP contribution in [0.1, 0.15) is 36.0 Å². The molecule has 0 unspecified atom stereocenters. The molecule has 216 valence electrons. The van der Waals surface area contributed by atoms with Crippen molar-refractivity contribution in [3.05, 3.63) is 108 Å². The molecule has 0 bridgehead atoms. The van der Waals surface area contributed by atoms with E-state index in [2.05, 4.69) is 5.32 Å². The fourth-order valence-corrected chi connectivity index (χ4v) is 4.86. The van der Waals surface area contributed by atoms with Gasteiger partial charge in [0.15, 0.2) is 0 Å². The van der Waals surface area contributed by atoms with Crippen molar-refractivity contribution in [1.29, 1.82) is 0 Å². The van der Waals surface area contributed by atoms with Crippen LogP contribution in [-0.4, -0.2) is 65.8 Å². The van der Waals surface area contributed by atoms with Gasteiger partial charge in [-0.25, -0.2) is 9.59 Å². The Hall–Kier alpha value is -4.37. The molecule has 0 aliphatic carbocycles. The van der Waals surface area contributed by atoms with Crippen molar-refractivity contribution in [2.45, 2.75) is 45.0 Å². The molecule has 1 atom stereocenters. The highest BCUT2D eigenvalue weighted by Crippen LogP contribution is 2.21. The first-order valence-corrected chi connectivity index (χ1v) is 13.9. The van der Waals surface area contributed by atoms with Crippen molar-refractivity contribution in [2.24, 2.45) is 0 Å². The van der Waals surface area contributed by atoms with Gasteiger partial charge in [0.2, 0.25) is 0 Å². The van der Waals surface area contributed by atoms with Gasteiger partial charge in [-0.3, -0.25) is 9.69 Å². The summed E-state index contributed by atoms with van der Waals surface area (Å²) in [6.45, 7) is 2.13. The van der Waals surface area contributed by atoms with Crippen molar-refractivity contribution in [1.82, 2.24) is 20.0 Å². The number of nitrogens with zero attached hydrogens (tertiary/aromatic N) is 3. The first kappa shape index (κ1) is 29.6. The van der Waals surface area contributed by atoms with E-state index in [1.807, 2.05) is 95.9 Å². The molecular formula is C32H38N4O5. The number of carbonyl (C=O) groups is 3. The molecule has 3 aromatic carbocycles. The molecule has 0 aromatic heterocycles. The van der Waals surface area contributed by atoms with E-state index in [4.69, 9.17) is 9.47 Å². The van der Waals surface area contributed by atoms with Gasteiger partial charge in [0, 0.05) is 19.6 Å². The van der Waals surface area contributed by atoms with Gasteiger partial charge in [0.25, 0.3) is 0 Å². The first-order valence-electron chi connectivity index (χ1n) is 13.9. The minimum atomic E-state index is -0.533. The fourth-order valence-electron chi connectivity index (χ4n) is 4.86. The molecular weight excluding hydrogens is 520 g/mol. The Morgan fingerprint density at radius 2 is 1.29 bits per heavy atom. The van der Waals surface area contributed by atoms with Gasteiger partial charge >= 0.3 is 18.1 Å². The molecule has 9 heteroatoms. The summed E-state index contributed by atoms with van der Waals surface area (Å²) in [6.07, 6.45) is 1.41. The molecule has 3 amide bonds. The summed E-state index contributed by atoms with van der Waals surface area (Å²) in [7, 11) is 1.39. The second-order valence-electron chi connectivity index (χ2n) is 10.0. The topological polar surface area (TPSA) is 91.4 Å². The normalized spacial score (nSPS) is 14.4. The predicted molar refractivity (Wildman–Crippen MR) is 155 cm³/mol. The summed E-state index contributed by atoms with van der Waals surface area (Å²) in [6, 6.07) is 28.5. The van der Waals surface area contributed by atoms with Crippen LogP contribution in [0.15, 0.2) is 91.0 Å². The van der Waals surface area contributed by atoms with Crippen LogP contribution in [0.2, 0.25) is 0 Å². The Labute approximate surface area is 241 Å². The zero-order valence-electron chi connectivity index (χ0n) is 23.5. The van der Waals surface area contributed by atoms with Crippen LogP contribution < -0.4 is 5.32 Å². The van der Waals surface area contributed by atoms with Gasteiger partial charge in [-0.05, 0) is 36.0 Å². The van der Waals surface area contributed by atoms with Crippen molar-refractivity contribution in [3.63, 3.8) is 0 Å². The highest BCUT2D eigenvalue weighted by molar-refractivity contribution is 5.77. The number of nitrogens with one attached hydrogen (secondary N) is 1. The minimum Gasteiger partial charge on any atom is -0.468 e. The number of hydrogen-bond donors (Lipinski definition) is 1. The van der Waals surface area contributed by atoms with E-state index in [9.17, 15) is 14.4 Å². The lowest BCUT2D eigenvalue weighted by Gasteiger charge is -2.44. The second kappa shape index (κ2) is 15.4. The maximum Gasteiger partial charge on any atom is 0.407 e. The summed E-state index contributed by atoms with van der Waals surface area (Å²) in [5.41, 5.74) is 2.95. The average Bonchev–Trinajstić information content (AvgIpc) is 3.01. The van der Waals surface area contributed by atoms with Crippen molar-refractivity contribution in [2.75, 3.05) is 27.0 Å². The van der Waals surface area contributed by atoms with Crippen molar-refractivity contribution >= 4 is 18.1 Å². The Kier molecular flexibility index (Phi) is 11.1. The Balaban J connectivity index is 1.35. The molecule has 0 spiro atoms. The molecule has 0 saturated carbocycles. The summed E-state index contributed by atoms with van der Waals surface area (Å²) in [5, 5.41) is 2.77. The minimum absolute atomic E-state index is 0.0733. The van der Waals surface area contributed by atoms with Crippen molar-refractivity contribution < 1.29 is 23.9 Å². The molecule has 9 nitrogen and oxygen atoms in total. The summed E-state index contributed by atoms with van der Waals surface area (Å²) in [5.74, 6) is -0.339. The summed E-state index contributed by atoms with van der Waals surface area (Å²) in [4.78, 5) is 44.0. The van der Waals surface area contributed by atoms with E-state index < -0.39 is 12.1 Å². The second-order valence-corrected chi connectivity index (χ2v) is 10.0. The van der Waals surface area contributed by atoms with Gasteiger partial charge in [-0.15, -0.1) is 0 Å². The standard InChI is InChI=1S/C32H38N4O5/c1-40-30(37)29(19-11-12-20-33-31(38)41-23-28-17-9-4-10-18-28)36-24-34(21-26-13-5-2-6-14-26)32(39)35(25-36)22-27-15-7-3-8-16-27/h2-10,13-18,29H,11-12,19-25H2,1H3,(H,33,38)/t29-/m0/s1. The maximum atomic E-state index is 13.5. The monoisotopic (exact) mass is 558 g/mol. The molecule has 1 fully saturated rings. The van der Waals surface area contributed by atoms with Crippen LogP contribution in [0.4, 0.5) is 9.59 Å². The lowest BCUT2D eigenvalue weighted by Crippen LogP contribution is -2.61. The van der Waals surface area contributed by atoms with E-state index in [1.165, 1.54) is 7.11 Å². The fraction of sp³-hybridized carbons (Fsp3) is 0.344. The van der Waals surface area contributed by atoms with Crippen LogP contribution in [-0.2, 0) is 34.0 Å². The molecule has 0 radical (unpaired) electrons. The SMILES string of the molecule is COC(=O)[C@H](CCCCNC(=O)OCc1ccccc1)N1CN(Cc2ccccc2)C(=O)N(Cc2ccccc2)C1. The molecule has 1 aliphatic heterocycles. The average molecular weight is 559 g/mol. The van der Waals surface area contributed by atoms with Crippen LogP contribution in [0, 0.1) is 0 Å². The van der Waals surface area contributed by atoms with E-state index in [1.54, 1.807) is 9.80 Å². The first-order chi connectivity index (χ1) is 20.0. The van der Waals surface area contributed by atoms with Gasteiger partial charge in [-0.1, -0.05) is 91.0 Å². The van der Waals surface area contributed by atoms with Gasteiger partial charge < -0.3 is 24.6 Å². The highest BCUT2D eigenvalue weighted by Gasteiger charge is 2.36. The lowest BCUT2D eigenvalue weighted by molar-refractivity contribution is -0.150. The third-order valence-electron chi connectivity index (χ3n) is 6.98. The smallest absolute Gasteiger partial charge is 0.407 e. The molecule has 41 heavy (non-hydrogen) atoms.